The molecule has 0 aliphatic heterocycles. The summed E-state index contributed by atoms with van der Waals surface area (Å²) >= 11 is 6.23. The number of halogens is 1. The van der Waals surface area contributed by atoms with E-state index in [2.05, 4.69) is 11.8 Å². The first-order valence-corrected chi connectivity index (χ1v) is 14.0. The molecule has 0 saturated heterocycles. The summed E-state index contributed by atoms with van der Waals surface area (Å²) in [6.07, 6.45) is 9.49. The number of sulfonamides is 1. The Balaban J connectivity index is 2.12. The van der Waals surface area contributed by atoms with E-state index in [1.807, 2.05) is 0 Å². The van der Waals surface area contributed by atoms with Crippen molar-refractivity contribution in [1.29, 1.82) is 0 Å². The predicted octanol–water partition coefficient (Wildman–Crippen LogP) is 6.75. The summed E-state index contributed by atoms with van der Waals surface area (Å²) in [6, 6.07) is 11.1. The van der Waals surface area contributed by atoms with Crippen molar-refractivity contribution in [3.8, 4) is 5.75 Å². The van der Waals surface area contributed by atoms with Gasteiger partial charge in [0.1, 0.15) is 11.4 Å². The van der Waals surface area contributed by atoms with Crippen LogP contribution in [0, 0.1) is 6.92 Å². The van der Waals surface area contributed by atoms with Crippen LogP contribution in [0.1, 0.15) is 87.6 Å². The Kier molecular flexibility index (Phi) is 11.4. The fourth-order valence-corrected chi connectivity index (χ4v) is 4.93. The smallest absolute Gasteiger partial charge is 0.273 e. The predicted molar refractivity (Wildman–Crippen MR) is 140 cm³/mol. The Hall–Kier alpha value is -2.09. The molecule has 0 aliphatic carbocycles. The summed E-state index contributed by atoms with van der Waals surface area (Å²) in [5, 5.41) is 11.0. The van der Waals surface area contributed by atoms with Gasteiger partial charge in [-0.2, -0.15) is 0 Å². The summed E-state index contributed by atoms with van der Waals surface area (Å²) in [5.74, 6) is -0.858. The van der Waals surface area contributed by atoms with Gasteiger partial charge >= 0.3 is 0 Å². The second-order valence-electron chi connectivity index (χ2n) is 8.81. The number of aromatic hydroxyl groups is 1. The maximum absolute atomic E-state index is 13.2. The van der Waals surface area contributed by atoms with Crippen molar-refractivity contribution in [3.05, 3.63) is 58.6 Å². The van der Waals surface area contributed by atoms with E-state index in [1.165, 1.54) is 44.2 Å². The molecule has 2 aromatic rings. The molecule has 0 saturated carbocycles. The quantitative estimate of drug-likeness (QED) is 0.218. The number of phenols is 1. The van der Waals surface area contributed by atoms with Gasteiger partial charge in [0.15, 0.2) is 0 Å². The highest BCUT2D eigenvalue weighted by Crippen LogP contribution is 2.33. The van der Waals surface area contributed by atoms with Crippen LogP contribution in [-0.2, 0) is 10.0 Å². The van der Waals surface area contributed by atoms with E-state index in [1.54, 1.807) is 44.2 Å². The summed E-state index contributed by atoms with van der Waals surface area (Å²) in [7, 11) is -3.90. The van der Waals surface area contributed by atoms with Crippen LogP contribution in [0.4, 0.5) is 5.69 Å². The van der Waals surface area contributed by atoms with Crippen molar-refractivity contribution in [2.75, 3.05) is 5.01 Å². The Bertz CT molecular complexity index is 1030. The fraction of sp³-hybridized carbons (Fsp3) is 0.500. The fourth-order valence-electron chi connectivity index (χ4n) is 3.68. The molecule has 188 valence electrons. The molecule has 0 aromatic heterocycles. The highest BCUT2D eigenvalue weighted by molar-refractivity contribution is 7.90. The number of benzene rings is 2. The number of hydrazine groups is 1. The number of unbranched alkanes of at least 4 members (excludes halogenated alkanes) is 7. The Morgan fingerprint density at radius 3 is 2.24 bits per heavy atom. The third-order valence-electron chi connectivity index (χ3n) is 5.93. The molecule has 1 unspecified atom stereocenters. The van der Waals surface area contributed by atoms with E-state index in [0.29, 0.717) is 17.0 Å². The molecule has 34 heavy (non-hydrogen) atoms. The Labute approximate surface area is 209 Å². The minimum atomic E-state index is -3.90. The van der Waals surface area contributed by atoms with E-state index in [4.69, 9.17) is 11.6 Å². The average molecular weight is 509 g/mol. The zero-order valence-corrected chi connectivity index (χ0v) is 22.0. The second kappa shape index (κ2) is 13.7. The second-order valence-corrected chi connectivity index (χ2v) is 11.3. The highest BCUT2D eigenvalue weighted by Gasteiger charge is 2.29. The lowest BCUT2D eigenvalue weighted by Crippen LogP contribution is -2.49. The molecule has 2 aromatic carbocycles. The number of hydrogen-bond acceptors (Lipinski definition) is 4. The number of carbonyl (C=O) groups excluding carboxylic acids is 1. The van der Waals surface area contributed by atoms with Crippen LogP contribution in [0.15, 0.2) is 42.5 Å². The molecule has 0 fully saturated rings. The molecule has 0 spiro atoms. The largest absolute Gasteiger partial charge is 0.506 e. The first kappa shape index (κ1) is 28.1. The molecule has 0 bridgehead atoms. The van der Waals surface area contributed by atoms with Crippen molar-refractivity contribution < 1.29 is 18.3 Å². The topological polar surface area (TPSA) is 86.7 Å². The van der Waals surface area contributed by atoms with Crippen molar-refractivity contribution in [3.63, 3.8) is 0 Å². The monoisotopic (exact) mass is 508 g/mol. The van der Waals surface area contributed by atoms with Crippen molar-refractivity contribution >= 4 is 33.2 Å². The molecule has 0 radical (unpaired) electrons. The van der Waals surface area contributed by atoms with Gasteiger partial charge < -0.3 is 5.11 Å². The lowest BCUT2D eigenvalue weighted by molar-refractivity contribution is 0.0980. The van der Waals surface area contributed by atoms with Gasteiger partial charge in [0, 0.05) is 10.6 Å². The number of phenolic OH excluding ortho intramolecular Hbond substituents is 1. The molecule has 0 aliphatic rings. The van der Waals surface area contributed by atoms with E-state index >= 15 is 0 Å². The van der Waals surface area contributed by atoms with Gasteiger partial charge in [-0.25, -0.2) is 13.4 Å². The van der Waals surface area contributed by atoms with Gasteiger partial charge in [-0.3, -0.25) is 4.79 Å². The number of nitrogens with one attached hydrogen (secondary N) is 1. The average Bonchev–Trinajstić information content (AvgIpc) is 2.81. The van der Waals surface area contributed by atoms with Gasteiger partial charge in [-0.1, -0.05) is 88.1 Å². The van der Waals surface area contributed by atoms with Gasteiger partial charge in [-0.15, -0.1) is 4.83 Å². The highest BCUT2D eigenvalue weighted by atomic mass is 35.5. The van der Waals surface area contributed by atoms with Crippen LogP contribution in [0.25, 0.3) is 0 Å². The van der Waals surface area contributed by atoms with Crippen LogP contribution in [0.2, 0.25) is 5.02 Å². The maximum atomic E-state index is 13.2. The first-order valence-electron chi connectivity index (χ1n) is 12.1. The van der Waals surface area contributed by atoms with Crippen molar-refractivity contribution in [1.82, 2.24) is 4.83 Å². The molecular weight excluding hydrogens is 472 g/mol. The summed E-state index contributed by atoms with van der Waals surface area (Å²) in [4.78, 5) is 15.7. The van der Waals surface area contributed by atoms with Crippen LogP contribution in [0.3, 0.4) is 0 Å². The zero-order chi connectivity index (χ0) is 25.1. The number of nitrogens with zero attached hydrogens (tertiary/aromatic N) is 1. The van der Waals surface area contributed by atoms with Gasteiger partial charge in [-0.05, 0) is 50.1 Å². The van der Waals surface area contributed by atoms with Crippen LogP contribution in [0.5, 0.6) is 5.75 Å². The molecule has 0 heterocycles. The number of carbonyl (C=O) groups is 1. The number of hydrogen-bond donors (Lipinski definition) is 2. The van der Waals surface area contributed by atoms with E-state index < -0.39 is 21.2 Å². The molecular formula is C26H37ClN2O4S. The molecule has 8 heteroatoms. The molecule has 6 nitrogen and oxygen atoms in total. The third-order valence-corrected chi connectivity index (χ3v) is 8.07. The van der Waals surface area contributed by atoms with Gasteiger partial charge in [0.2, 0.25) is 10.0 Å². The Morgan fingerprint density at radius 1 is 1.03 bits per heavy atom. The van der Waals surface area contributed by atoms with E-state index in [0.717, 1.165) is 24.3 Å². The summed E-state index contributed by atoms with van der Waals surface area (Å²) in [5.41, 5.74) is 0.866. The molecule has 1 atom stereocenters. The summed E-state index contributed by atoms with van der Waals surface area (Å²) < 4.78 is 26.3. The van der Waals surface area contributed by atoms with Crippen LogP contribution >= 0.6 is 11.6 Å². The minimum Gasteiger partial charge on any atom is -0.506 e. The zero-order valence-electron chi connectivity index (χ0n) is 20.4. The summed E-state index contributed by atoms with van der Waals surface area (Å²) in [6.45, 7) is 5.54. The Morgan fingerprint density at radius 2 is 1.62 bits per heavy atom. The molecule has 1 amide bonds. The third kappa shape index (κ3) is 8.29. The van der Waals surface area contributed by atoms with Crippen LogP contribution < -0.4 is 9.84 Å². The number of amides is 1. The normalized spacial score (nSPS) is 12.5. The number of aryl methyl sites for hydroxylation is 1. The maximum Gasteiger partial charge on any atom is 0.273 e. The number of anilines is 1. The van der Waals surface area contributed by atoms with Crippen molar-refractivity contribution in [2.45, 2.75) is 83.8 Å². The van der Waals surface area contributed by atoms with E-state index in [-0.39, 0.29) is 17.0 Å². The minimum absolute atomic E-state index is 0.0210. The van der Waals surface area contributed by atoms with E-state index in [9.17, 15) is 18.3 Å². The van der Waals surface area contributed by atoms with Gasteiger partial charge in [0.25, 0.3) is 5.91 Å². The standard InChI is InChI=1S/C26H37ClN2O4S/c1-4-5-6-7-8-9-10-12-15-21(3)34(32,33)28-29(26(31)22-16-13-11-14-17-22)24-19-23(27)20(2)18-25(24)30/h11,13-14,16-19,21,28,30H,4-10,12,15H2,1-3H3. The van der Waals surface area contributed by atoms with Gasteiger partial charge in [0.05, 0.1) is 5.25 Å². The SMILES string of the molecule is CCCCCCCCCCC(C)S(=O)(=O)NN(C(=O)c1ccccc1)c1cc(Cl)c(C)cc1O. The number of rotatable bonds is 14. The molecule has 2 N–H and O–H groups in total. The van der Waals surface area contributed by atoms with Crippen molar-refractivity contribution in [2.24, 2.45) is 0 Å². The van der Waals surface area contributed by atoms with Crippen LogP contribution in [-0.4, -0.2) is 24.7 Å². The lowest BCUT2D eigenvalue weighted by Gasteiger charge is -2.26. The lowest BCUT2D eigenvalue weighted by atomic mass is 10.1. The molecule has 2 rings (SSSR count). The first-order chi connectivity index (χ1) is 16.2.